The van der Waals surface area contributed by atoms with Crippen LogP contribution in [0.3, 0.4) is 0 Å². The van der Waals surface area contributed by atoms with Crippen molar-refractivity contribution in [3.8, 4) is 0 Å². The molecule has 4 rings (SSSR count). The van der Waals surface area contributed by atoms with Gasteiger partial charge in [-0.25, -0.2) is 4.79 Å². The number of nitro groups is 1. The first-order chi connectivity index (χ1) is 17.6. The van der Waals surface area contributed by atoms with Gasteiger partial charge < -0.3 is 10.1 Å². The maximum Gasteiger partial charge on any atom is 0.407 e. The Labute approximate surface area is 210 Å². The predicted octanol–water partition coefficient (Wildman–Crippen LogP) is 6.41. The van der Waals surface area contributed by atoms with Crippen molar-refractivity contribution < 1.29 is 14.5 Å². The van der Waals surface area contributed by atoms with E-state index in [1.54, 1.807) is 12.1 Å². The molecule has 0 saturated carbocycles. The average molecular weight is 479 g/mol. The average Bonchev–Trinajstić information content (AvgIpc) is 2.94. The largest absolute Gasteiger partial charge is 0.445 e. The van der Waals surface area contributed by atoms with Crippen LogP contribution >= 0.6 is 0 Å². The molecule has 0 atom stereocenters. The third kappa shape index (κ3) is 5.67. The Hall–Kier alpha value is -4.71. The monoisotopic (exact) mass is 478 g/mol. The van der Waals surface area contributed by atoms with E-state index in [-0.39, 0.29) is 18.8 Å². The number of allylic oxidation sites excluding steroid dienone is 1. The maximum absolute atomic E-state index is 12.3. The van der Waals surface area contributed by atoms with Crippen molar-refractivity contribution >= 4 is 11.8 Å². The molecular formula is C30H26N2O4. The van der Waals surface area contributed by atoms with E-state index in [9.17, 15) is 14.9 Å². The molecular weight excluding hydrogens is 452 g/mol. The molecule has 0 unspecified atom stereocenters. The summed E-state index contributed by atoms with van der Waals surface area (Å²) in [5.41, 5.74) is 3.45. The smallest absolute Gasteiger partial charge is 0.407 e. The second-order valence-corrected chi connectivity index (χ2v) is 8.19. The van der Waals surface area contributed by atoms with Crippen molar-refractivity contribution in [1.29, 1.82) is 0 Å². The Kier molecular flexibility index (Phi) is 7.88. The Morgan fingerprint density at radius 1 is 0.778 bits per heavy atom. The van der Waals surface area contributed by atoms with Crippen LogP contribution in [-0.2, 0) is 16.8 Å². The van der Waals surface area contributed by atoms with Gasteiger partial charge in [0.2, 0.25) is 0 Å². The lowest BCUT2D eigenvalue weighted by molar-refractivity contribution is -0.384. The second kappa shape index (κ2) is 11.6. The fourth-order valence-electron chi connectivity index (χ4n) is 4.18. The summed E-state index contributed by atoms with van der Waals surface area (Å²) in [6.07, 6.45) is 3.48. The van der Waals surface area contributed by atoms with Crippen LogP contribution in [0.15, 0.2) is 127 Å². The number of nitro benzene ring substituents is 1. The van der Waals surface area contributed by atoms with E-state index in [1.807, 2.05) is 60.7 Å². The minimum absolute atomic E-state index is 0.00734. The first-order valence-electron chi connectivity index (χ1n) is 11.6. The molecule has 1 amide bonds. The van der Waals surface area contributed by atoms with Crippen LogP contribution < -0.4 is 5.32 Å². The Balaban J connectivity index is 1.51. The van der Waals surface area contributed by atoms with Crippen molar-refractivity contribution in [2.45, 2.75) is 12.0 Å². The molecule has 4 aromatic carbocycles. The third-order valence-corrected chi connectivity index (χ3v) is 5.94. The van der Waals surface area contributed by atoms with Crippen LogP contribution in [0.1, 0.15) is 22.3 Å². The molecule has 0 aliphatic heterocycles. The molecule has 36 heavy (non-hydrogen) atoms. The van der Waals surface area contributed by atoms with E-state index in [2.05, 4.69) is 47.8 Å². The second-order valence-electron chi connectivity index (χ2n) is 8.19. The summed E-state index contributed by atoms with van der Waals surface area (Å²) in [6, 6.07) is 36.7. The lowest BCUT2D eigenvalue weighted by Gasteiger charge is -2.33. The first-order valence-corrected chi connectivity index (χ1v) is 11.6. The first kappa shape index (κ1) is 24.4. The van der Waals surface area contributed by atoms with Gasteiger partial charge in [0.05, 0.1) is 10.3 Å². The van der Waals surface area contributed by atoms with Crippen molar-refractivity contribution in [1.82, 2.24) is 5.32 Å². The van der Waals surface area contributed by atoms with Crippen molar-refractivity contribution in [3.05, 3.63) is 160 Å². The summed E-state index contributed by atoms with van der Waals surface area (Å²) in [5.74, 6) is 0. The van der Waals surface area contributed by atoms with Gasteiger partial charge in [0, 0.05) is 18.7 Å². The van der Waals surface area contributed by atoms with Crippen molar-refractivity contribution in [2.24, 2.45) is 0 Å². The fraction of sp³-hybridized carbons (Fsp3) is 0.100. The van der Waals surface area contributed by atoms with Gasteiger partial charge in [0.25, 0.3) is 5.69 Å². The Morgan fingerprint density at radius 3 is 1.69 bits per heavy atom. The normalized spacial score (nSPS) is 11.2. The van der Waals surface area contributed by atoms with Crippen LogP contribution in [0.5, 0.6) is 0 Å². The SMILES string of the molecule is O=C(NC/C=C\C(c1ccccc1)(c1ccccc1)c1ccccc1)OCc1ccc([N+](=O)[O-])cc1. The van der Waals surface area contributed by atoms with Gasteiger partial charge >= 0.3 is 6.09 Å². The summed E-state index contributed by atoms with van der Waals surface area (Å²) in [7, 11) is 0. The van der Waals surface area contributed by atoms with Gasteiger partial charge in [-0.2, -0.15) is 0 Å². The number of carbonyl (C=O) groups is 1. The van der Waals surface area contributed by atoms with Gasteiger partial charge in [0.15, 0.2) is 0 Å². The van der Waals surface area contributed by atoms with Crippen LogP contribution in [0.2, 0.25) is 0 Å². The number of hydrogen-bond acceptors (Lipinski definition) is 4. The predicted molar refractivity (Wildman–Crippen MR) is 140 cm³/mol. The highest BCUT2D eigenvalue weighted by molar-refractivity contribution is 5.67. The van der Waals surface area contributed by atoms with Crippen LogP contribution in [0.25, 0.3) is 0 Å². The lowest BCUT2D eigenvalue weighted by atomic mass is 9.69. The molecule has 4 aromatic rings. The zero-order valence-electron chi connectivity index (χ0n) is 19.6. The standard InChI is InChI=1S/C30H26N2O4/c33-29(36-23-24-17-19-28(20-18-24)32(34)35)31-22-10-21-30(25-11-4-1-5-12-25,26-13-6-2-7-14-26)27-15-8-3-9-16-27/h1-21H,22-23H2,(H,31,33)/b21-10-. The number of carbonyl (C=O) groups excluding carboxylic acids is 1. The maximum atomic E-state index is 12.3. The van der Waals surface area contributed by atoms with Gasteiger partial charge in [-0.05, 0) is 34.4 Å². The number of ether oxygens (including phenoxy) is 1. The van der Waals surface area contributed by atoms with E-state index in [1.165, 1.54) is 12.1 Å². The molecule has 6 nitrogen and oxygen atoms in total. The number of hydrogen-bond donors (Lipinski definition) is 1. The Morgan fingerprint density at radius 2 is 1.25 bits per heavy atom. The molecule has 0 saturated heterocycles. The molecule has 0 aromatic heterocycles. The highest BCUT2D eigenvalue weighted by Gasteiger charge is 2.33. The van der Waals surface area contributed by atoms with Gasteiger partial charge in [-0.1, -0.05) is 103 Å². The topological polar surface area (TPSA) is 81.5 Å². The van der Waals surface area contributed by atoms with Gasteiger partial charge in [0.1, 0.15) is 6.61 Å². The molecule has 6 heteroatoms. The minimum Gasteiger partial charge on any atom is -0.445 e. The minimum atomic E-state index is -0.567. The van der Waals surface area contributed by atoms with Gasteiger partial charge in [-0.3, -0.25) is 10.1 Å². The van der Waals surface area contributed by atoms with E-state index in [4.69, 9.17) is 4.74 Å². The number of benzene rings is 4. The highest BCUT2D eigenvalue weighted by Crippen LogP contribution is 2.40. The molecule has 0 bridgehead atoms. The number of non-ortho nitro benzene ring substituents is 1. The zero-order chi connectivity index (χ0) is 25.2. The van der Waals surface area contributed by atoms with E-state index < -0.39 is 16.4 Å². The zero-order valence-corrected chi connectivity index (χ0v) is 19.6. The van der Waals surface area contributed by atoms with Crippen LogP contribution in [-0.4, -0.2) is 17.6 Å². The number of amides is 1. The molecule has 0 aliphatic rings. The van der Waals surface area contributed by atoms with E-state index in [0.29, 0.717) is 5.56 Å². The summed E-state index contributed by atoms with van der Waals surface area (Å²) in [5, 5.41) is 13.5. The summed E-state index contributed by atoms with van der Waals surface area (Å²) < 4.78 is 5.26. The number of alkyl carbamates (subject to hydrolysis) is 1. The molecule has 0 spiro atoms. The van der Waals surface area contributed by atoms with E-state index >= 15 is 0 Å². The molecule has 0 radical (unpaired) electrons. The van der Waals surface area contributed by atoms with E-state index in [0.717, 1.165) is 16.7 Å². The number of nitrogens with one attached hydrogen (secondary N) is 1. The molecule has 1 N–H and O–H groups in total. The molecule has 0 fully saturated rings. The summed E-state index contributed by atoms with van der Waals surface area (Å²) in [6.45, 7) is 0.295. The summed E-state index contributed by atoms with van der Waals surface area (Å²) in [4.78, 5) is 22.6. The van der Waals surface area contributed by atoms with Crippen LogP contribution in [0.4, 0.5) is 10.5 Å². The number of nitrogens with zero attached hydrogens (tertiary/aromatic N) is 1. The fourth-order valence-corrected chi connectivity index (χ4v) is 4.18. The molecule has 180 valence electrons. The quantitative estimate of drug-likeness (QED) is 0.130. The van der Waals surface area contributed by atoms with Gasteiger partial charge in [-0.15, -0.1) is 0 Å². The van der Waals surface area contributed by atoms with Crippen molar-refractivity contribution in [3.63, 3.8) is 0 Å². The van der Waals surface area contributed by atoms with Crippen molar-refractivity contribution in [2.75, 3.05) is 6.54 Å². The Bertz CT molecular complexity index is 1210. The third-order valence-electron chi connectivity index (χ3n) is 5.94. The van der Waals surface area contributed by atoms with Crippen LogP contribution in [0, 0.1) is 10.1 Å². The summed E-state index contributed by atoms with van der Waals surface area (Å²) >= 11 is 0. The number of rotatable bonds is 9. The highest BCUT2D eigenvalue weighted by atomic mass is 16.6. The lowest BCUT2D eigenvalue weighted by Crippen LogP contribution is -2.28. The molecule has 0 aliphatic carbocycles. The molecule has 0 heterocycles.